The predicted molar refractivity (Wildman–Crippen MR) is 554 cm³/mol. The highest BCUT2D eigenvalue weighted by Crippen LogP contribution is 2.27. The highest BCUT2D eigenvalue weighted by molar-refractivity contribution is 8.76. The molecule has 0 spiro atoms. The third-order valence-electron chi connectivity index (χ3n) is 25.2. The Labute approximate surface area is 864 Å². The molecule has 0 radical (unpaired) electrons. The molecule has 22 unspecified atom stereocenters. The average molecular weight is 2100 g/mol. The number of nitrogens with one attached hydrogen (secondary N) is 18. The van der Waals surface area contributed by atoms with Gasteiger partial charge in [0.05, 0.1) is 25.2 Å². The van der Waals surface area contributed by atoms with Gasteiger partial charge in [-0.25, -0.2) is 4.79 Å². The lowest BCUT2D eigenvalue weighted by molar-refractivity contribution is -0.143. The second-order valence-corrected chi connectivity index (χ2v) is 42.6. The van der Waals surface area contributed by atoms with Crippen molar-refractivity contribution in [3.63, 3.8) is 0 Å². The monoisotopic (exact) mass is 2100 g/mol. The van der Waals surface area contributed by atoms with Crippen molar-refractivity contribution in [3.8, 4) is 0 Å². The maximum atomic E-state index is 15.0. The van der Waals surface area contributed by atoms with Crippen LogP contribution < -0.4 is 119 Å². The van der Waals surface area contributed by atoms with E-state index in [4.69, 9.17) is 22.9 Å². The SMILES string of the molecule is CCC(C)C(NC(=O)C(CCSC)NC(=O)C(C)NC(=O)C1CCCN1C(=O)C(NC(=O)C(NC(=O)C(CCCCN)NC(=O)C(NC(=O)C(CC(C)C)NC(=O)CNC(=O)CNC(=O)C(CC(C)C)NC(=O)C(N)Cc1ccccc1)C(C)CC)C(C)CC)C(C)C)C(=O)NC1CSSCC(C(=O)O)NC(=O)C(CCCCN)NC(=O)C(CCCCN)NC(=O)C(C(C)O)NC(=O)C(C(C)C)NC(=O)C(C)NC1=O. The molecule has 820 valence electrons. The summed E-state index contributed by atoms with van der Waals surface area (Å²) < 4.78 is 0. The van der Waals surface area contributed by atoms with Crippen LogP contribution in [0.1, 0.15) is 232 Å². The second-order valence-electron chi connectivity index (χ2n) is 39.1. The lowest BCUT2D eigenvalue weighted by Gasteiger charge is -2.33. The number of nitrogens with zero attached hydrogens (tertiary/aromatic N) is 1. The molecule has 28 N–H and O–H groups in total. The van der Waals surface area contributed by atoms with Crippen molar-refractivity contribution in [1.82, 2.24) is 101 Å². The fourth-order valence-corrected chi connectivity index (χ4v) is 18.5. The van der Waals surface area contributed by atoms with Crippen LogP contribution in [0, 0.1) is 41.4 Å². The minimum atomic E-state index is -1.73. The van der Waals surface area contributed by atoms with Crippen molar-refractivity contribution < 1.29 is 106 Å². The summed E-state index contributed by atoms with van der Waals surface area (Å²) in [7, 11) is 1.76. The van der Waals surface area contributed by atoms with Gasteiger partial charge < -0.3 is 134 Å². The summed E-state index contributed by atoms with van der Waals surface area (Å²) in [5.41, 5.74) is 24.5. The summed E-state index contributed by atoms with van der Waals surface area (Å²) in [6.45, 7) is 27.5. The van der Waals surface area contributed by atoms with Crippen LogP contribution in [0.15, 0.2) is 30.3 Å². The van der Waals surface area contributed by atoms with Gasteiger partial charge in [0.25, 0.3) is 0 Å². The number of carboxylic acids is 1. The number of aliphatic hydroxyl groups excluding tert-OH is 1. The number of nitrogens with two attached hydrogens (primary N) is 4. The number of amides is 19. The standard InChI is InChI=1S/C97H167N23O22S3/c1-19-55(12)76(118-88(132)68(45-52(6)7)106-73(123)48-102-72(122)47-103-83(127)67(44-51(4)5)111-82(126)62(101)46-61-32-23-22-24-33-61)92(136)109-65(36-27-30-41-100)86(130)117-78(57(14)21-3)94(138)115-75(54(10)11)96(140)120-42-31-37-71(120)90(134)105-58(15)80(124)107-66(38-43-143-18)87(131)116-77(56(13)20-2)93(137)112-69-49-144-145-50-70(97(141)142)113-85(129)63(34-25-28-39-98)108-84(128)64(35-26-29-40-99)110-95(139)79(60(17)121)119-91(135)74(53(8)9)114-81(125)59(16)104-89(69)133/h22-24,32-33,51-60,62-71,74-79,121H,19-21,25-31,34-50,98-101H2,1-18H3,(H,102,122)(H,103,127)(H,104,133)(H,105,134)(H,106,123)(H,107,124)(H,108,128)(H,109,136)(H,110,139)(H,111,126)(H,112,137)(H,113,129)(H,114,125)(H,115,138)(H,116,131)(H,117,130)(H,118,132)(H,119,135)(H,141,142). The third kappa shape index (κ3) is 45.4. The second kappa shape index (κ2) is 67.4. The number of aliphatic carboxylic acids is 1. The molecule has 22 atom stereocenters. The number of aliphatic hydroxyl groups is 1. The zero-order chi connectivity index (χ0) is 109. The molecule has 2 fully saturated rings. The molecule has 145 heavy (non-hydrogen) atoms. The van der Waals surface area contributed by atoms with E-state index in [1.807, 2.05) is 44.2 Å². The van der Waals surface area contributed by atoms with Crippen LogP contribution in [0.5, 0.6) is 0 Å². The number of likely N-dealkylation sites (tertiary alicyclic amines) is 1. The zero-order valence-electron chi connectivity index (χ0n) is 87.5. The molecule has 0 saturated carbocycles. The summed E-state index contributed by atoms with van der Waals surface area (Å²) in [6, 6.07) is -15.3. The van der Waals surface area contributed by atoms with Crippen LogP contribution in [-0.4, -0.2) is 311 Å². The summed E-state index contributed by atoms with van der Waals surface area (Å²) in [5, 5.41) is 68.9. The van der Waals surface area contributed by atoms with E-state index in [2.05, 4.69) is 95.7 Å². The van der Waals surface area contributed by atoms with Crippen molar-refractivity contribution >= 4 is 152 Å². The van der Waals surface area contributed by atoms with E-state index in [-0.39, 0.29) is 119 Å². The summed E-state index contributed by atoms with van der Waals surface area (Å²) in [4.78, 5) is 285. The average Bonchev–Trinajstić information content (AvgIpc) is 1.71. The quantitative estimate of drug-likeness (QED) is 0.0251. The van der Waals surface area contributed by atoms with Crippen molar-refractivity contribution in [2.24, 2.45) is 64.4 Å². The molecule has 1 aromatic rings. The Morgan fingerprint density at radius 1 is 0.483 bits per heavy atom. The van der Waals surface area contributed by atoms with Crippen molar-refractivity contribution in [3.05, 3.63) is 35.9 Å². The summed E-state index contributed by atoms with van der Waals surface area (Å²) in [6.07, 6.45) is 4.14. The van der Waals surface area contributed by atoms with Crippen LogP contribution in [0.4, 0.5) is 0 Å². The first-order valence-corrected chi connectivity index (χ1v) is 54.6. The minimum absolute atomic E-state index is 0.0183. The molecule has 1 aromatic carbocycles. The van der Waals surface area contributed by atoms with Crippen molar-refractivity contribution in [1.29, 1.82) is 0 Å². The number of carboxylic acid groups (broad SMARTS) is 1. The van der Waals surface area contributed by atoms with Gasteiger partial charge in [-0.2, -0.15) is 11.8 Å². The smallest absolute Gasteiger partial charge is 0.327 e. The highest BCUT2D eigenvalue weighted by atomic mass is 33.1. The van der Waals surface area contributed by atoms with Crippen LogP contribution in [0.3, 0.4) is 0 Å². The molecule has 3 rings (SSSR count). The van der Waals surface area contributed by atoms with Crippen LogP contribution in [0.2, 0.25) is 0 Å². The van der Waals surface area contributed by atoms with E-state index in [0.29, 0.717) is 51.4 Å². The van der Waals surface area contributed by atoms with E-state index in [9.17, 15) is 106 Å². The Kier molecular flexibility index (Phi) is 59.8. The largest absolute Gasteiger partial charge is 0.480 e. The Balaban J connectivity index is 1.88. The first-order valence-electron chi connectivity index (χ1n) is 50.7. The lowest BCUT2D eigenvalue weighted by atomic mass is 9.95. The normalized spacial score (nSPS) is 20.9. The van der Waals surface area contributed by atoms with E-state index in [1.54, 1.807) is 89.3 Å². The molecule has 0 aliphatic carbocycles. The Morgan fingerprint density at radius 2 is 0.952 bits per heavy atom. The van der Waals surface area contributed by atoms with Gasteiger partial charge in [0.2, 0.25) is 112 Å². The van der Waals surface area contributed by atoms with Crippen LogP contribution in [0.25, 0.3) is 0 Å². The van der Waals surface area contributed by atoms with E-state index in [1.165, 1.54) is 37.4 Å². The van der Waals surface area contributed by atoms with E-state index in [0.717, 1.165) is 27.2 Å². The Morgan fingerprint density at radius 3 is 1.47 bits per heavy atom. The van der Waals surface area contributed by atoms with Crippen molar-refractivity contribution in [2.75, 3.05) is 62.8 Å². The number of rotatable bonds is 56. The maximum Gasteiger partial charge on any atom is 0.327 e. The minimum Gasteiger partial charge on any atom is -0.480 e. The number of carbonyl (C=O) groups excluding carboxylic acids is 19. The van der Waals surface area contributed by atoms with Gasteiger partial charge in [-0.1, -0.05) is 168 Å². The van der Waals surface area contributed by atoms with Crippen molar-refractivity contribution in [2.45, 2.75) is 348 Å². The van der Waals surface area contributed by atoms with Gasteiger partial charge in [-0.3, -0.25) is 91.1 Å². The number of carbonyl (C=O) groups is 20. The molecule has 2 heterocycles. The van der Waals surface area contributed by atoms with Crippen LogP contribution >= 0.6 is 33.3 Å². The zero-order valence-corrected chi connectivity index (χ0v) is 90.0. The molecular weight excluding hydrogens is 1940 g/mol. The highest BCUT2D eigenvalue weighted by Gasteiger charge is 2.45. The van der Waals surface area contributed by atoms with Gasteiger partial charge in [0, 0.05) is 18.1 Å². The van der Waals surface area contributed by atoms with Gasteiger partial charge in [0.15, 0.2) is 0 Å². The molecule has 19 amide bonds. The first kappa shape index (κ1) is 129. The molecule has 2 aliphatic heterocycles. The fraction of sp³-hybridized carbons (Fsp3) is 0.732. The van der Waals surface area contributed by atoms with E-state index < -0.39 is 276 Å². The van der Waals surface area contributed by atoms with E-state index >= 15 is 0 Å². The van der Waals surface area contributed by atoms with Gasteiger partial charge >= 0.3 is 5.97 Å². The molecule has 2 saturated heterocycles. The maximum absolute atomic E-state index is 15.0. The molecule has 45 nitrogen and oxygen atoms in total. The summed E-state index contributed by atoms with van der Waals surface area (Å²) in [5.74, 6) is -20.9. The Bertz CT molecular complexity index is 4390. The van der Waals surface area contributed by atoms with Crippen LogP contribution in [-0.2, 0) is 102 Å². The predicted octanol–water partition coefficient (Wildman–Crippen LogP) is -1.88. The molecule has 48 heteroatoms. The molecule has 0 aromatic heterocycles. The molecule has 2 aliphatic rings. The number of hydrogen-bond acceptors (Lipinski definition) is 28. The van der Waals surface area contributed by atoms with Gasteiger partial charge in [-0.15, -0.1) is 0 Å². The number of unbranched alkanes of at least 4 members (excludes halogenated alkanes) is 3. The first-order chi connectivity index (χ1) is 68.4. The fourth-order valence-electron chi connectivity index (χ4n) is 15.7. The topological polar surface area (TPSA) is 706 Å². The Hall–Kier alpha value is -10.5. The summed E-state index contributed by atoms with van der Waals surface area (Å²) >= 11 is 1.32. The number of thioether (sulfide) groups is 1. The molecular formula is C97H167N23O22S3. The third-order valence-corrected chi connectivity index (χ3v) is 28.3. The number of benzene rings is 1. The molecule has 0 bridgehead atoms. The van der Waals surface area contributed by atoms with Gasteiger partial charge in [0.1, 0.15) is 103 Å². The number of hydrogen-bond donors (Lipinski definition) is 24. The van der Waals surface area contributed by atoms with Gasteiger partial charge in [-0.05, 0) is 196 Å². The lowest BCUT2D eigenvalue weighted by Crippen LogP contribution is -2.62.